The molecule has 0 saturated heterocycles. The summed E-state index contributed by atoms with van der Waals surface area (Å²) in [5.74, 6) is 1.38. The third-order valence-electron chi connectivity index (χ3n) is 5.63. The summed E-state index contributed by atoms with van der Waals surface area (Å²) in [6.07, 6.45) is 0. The molecule has 3 heterocycles. The summed E-state index contributed by atoms with van der Waals surface area (Å²) in [6.45, 7) is 0.504. The number of aromatic nitrogens is 5. The Bertz CT molecular complexity index is 1550. The van der Waals surface area contributed by atoms with E-state index in [0.29, 0.717) is 33.5 Å². The molecule has 5 aromatic rings. The van der Waals surface area contributed by atoms with E-state index in [1.54, 1.807) is 30.3 Å². The average molecular weight is 470 g/mol. The van der Waals surface area contributed by atoms with Crippen molar-refractivity contribution in [3.63, 3.8) is 0 Å². The summed E-state index contributed by atoms with van der Waals surface area (Å²) in [7, 11) is 0. The van der Waals surface area contributed by atoms with Crippen LogP contribution in [0.15, 0.2) is 66.7 Å². The zero-order valence-corrected chi connectivity index (χ0v) is 18.4. The van der Waals surface area contributed by atoms with Gasteiger partial charge in [-0.05, 0) is 53.7 Å². The van der Waals surface area contributed by atoms with Crippen LogP contribution in [0.5, 0.6) is 11.5 Å². The van der Waals surface area contributed by atoms with Gasteiger partial charge in [0.1, 0.15) is 24.7 Å². The highest BCUT2D eigenvalue weighted by molar-refractivity contribution is 6.31. The van der Waals surface area contributed by atoms with Gasteiger partial charge in [-0.1, -0.05) is 29.8 Å². The molecule has 1 aliphatic heterocycles. The Balaban J connectivity index is 1.26. The van der Waals surface area contributed by atoms with Crippen molar-refractivity contribution in [1.82, 2.24) is 25.6 Å². The lowest BCUT2D eigenvalue weighted by atomic mass is 9.97. The van der Waals surface area contributed by atoms with Crippen molar-refractivity contribution in [3.8, 4) is 22.9 Å². The molecule has 0 radical (unpaired) electrons. The van der Waals surface area contributed by atoms with E-state index in [-0.39, 0.29) is 19.0 Å². The number of carbonyl (C=O) groups is 1. The summed E-state index contributed by atoms with van der Waals surface area (Å²) in [6, 6.07) is 20.1. The predicted octanol–water partition coefficient (Wildman–Crippen LogP) is 4.77. The second-order valence-corrected chi connectivity index (χ2v) is 8.25. The first-order chi connectivity index (χ1) is 16.6. The van der Waals surface area contributed by atoms with Gasteiger partial charge < -0.3 is 9.47 Å². The van der Waals surface area contributed by atoms with E-state index in [2.05, 4.69) is 25.6 Å². The summed E-state index contributed by atoms with van der Waals surface area (Å²) in [5.41, 5.74) is 4.08. The largest absolute Gasteiger partial charge is 0.488 e. The maximum atomic E-state index is 13.3. The number of aromatic amines is 1. The predicted molar refractivity (Wildman–Crippen MR) is 125 cm³/mol. The minimum Gasteiger partial charge on any atom is -0.488 e. The molecule has 0 amide bonds. The van der Waals surface area contributed by atoms with Gasteiger partial charge in [0.05, 0.1) is 16.8 Å². The topological polar surface area (TPSA) is 103 Å². The number of tetrazole rings is 1. The molecule has 9 heteroatoms. The molecule has 3 aromatic carbocycles. The second-order valence-electron chi connectivity index (χ2n) is 7.81. The van der Waals surface area contributed by atoms with Crippen LogP contribution in [0, 0.1) is 0 Å². The number of pyridine rings is 1. The van der Waals surface area contributed by atoms with E-state index < -0.39 is 0 Å². The van der Waals surface area contributed by atoms with Gasteiger partial charge in [-0.3, -0.25) is 4.79 Å². The van der Waals surface area contributed by atoms with Crippen molar-refractivity contribution in [2.75, 3.05) is 0 Å². The number of rotatable bonds is 4. The molecule has 166 valence electrons. The van der Waals surface area contributed by atoms with Crippen LogP contribution >= 0.6 is 11.6 Å². The van der Waals surface area contributed by atoms with Crippen LogP contribution < -0.4 is 9.47 Å². The van der Waals surface area contributed by atoms with Gasteiger partial charge in [0.2, 0.25) is 5.82 Å². The maximum absolute atomic E-state index is 13.3. The van der Waals surface area contributed by atoms with E-state index >= 15 is 0 Å². The number of nitrogens with zero attached hydrogens (tertiary/aromatic N) is 4. The second kappa shape index (κ2) is 8.24. The molecule has 0 unspecified atom stereocenters. The SMILES string of the molecule is O=C1c2ccc(-c3nn[nH]n3)cc2COc2ccc(OCc3ccc4ccc(Cl)cc4n3)cc21. The highest BCUT2D eigenvalue weighted by Crippen LogP contribution is 2.33. The zero-order valence-electron chi connectivity index (χ0n) is 17.7. The number of hydrogen-bond donors (Lipinski definition) is 1. The fourth-order valence-corrected chi connectivity index (χ4v) is 4.10. The van der Waals surface area contributed by atoms with Crippen LogP contribution in [0.4, 0.5) is 0 Å². The van der Waals surface area contributed by atoms with Crippen molar-refractivity contribution in [2.45, 2.75) is 13.2 Å². The number of hydrogen-bond acceptors (Lipinski definition) is 7. The molecule has 34 heavy (non-hydrogen) atoms. The highest BCUT2D eigenvalue weighted by Gasteiger charge is 2.24. The average Bonchev–Trinajstić information content (AvgIpc) is 3.36. The van der Waals surface area contributed by atoms with Crippen LogP contribution in [0.25, 0.3) is 22.3 Å². The molecule has 0 fully saturated rings. The first-order valence-corrected chi connectivity index (χ1v) is 10.9. The van der Waals surface area contributed by atoms with E-state index in [1.165, 1.54) is 0 Å². The molecule has 8 nitrogen and oxygen atoms in total. The number of carbonyl (C=O) groups excluding carboxylic acids is 1. The Labute approximate surface area is 198 Å². The Hall–Kier alpha value is -4.30. The molecule has 0 bridgehead atoms. The highest BCUT2D eigenvalue weighted by atomic mass is 35.5. The van der Waals surface area contributed by atoms with Crippen molar-refractivity contribution in [3.05, 3.63) is 94.1 Å². The number of benzene rings is 3. The fraction of sp³-hybridized carbons (Fsp3) is 0.0800. The van der Waals surface area contributed by atoms with Crippen LogP contribution in [0.3, 0.4) is 0 Å². The number of ether oxygens (including phenoxy) is 2. The molecule has 0 saturated carbocycles. The summed E-state index contributed by atoms with van der Waals surface area (Å²) in [4.78, 5) is 17.9. The number of fused-ring (bicyclic) bond motifs is 3. The summed E-state index contributed by atoms with van der Waals surface area (Å²) in [5, 5.41) is 15.6. The van der Waals surface area contributed by atoms with Crippen molar-refractivity contribution >= 4 is 28.3 Å². The van der Waals surface area contributed by atoms with Gasteiger partial charge in [0.25, 0.3) is 0 Å². The van der Waals surface area contributed by atoms with E-state index in [4.69, 9.17) is 21.1 Å². The molecule has 0 atom stereocenters. The van der Waals surface area contributed by atoms with Gasteiger partial charge in [-0.15, -0.1) is 10.2 Å². The van der Waals surface area contributed by atoms with Gasteiger partial charge in [0.15, 0.2) is 5.78 Å². The van der Waals surface area contributed by atoms with E-state index in [1.807, 2.05) is 36.4 Å². The van der Waals surface area contributed by atoms with Crippen LogP contribution in [0.1, 0.15) is 27.2 Å². The maximum Gasteiger partial charge on any atom is 0.204 e. The molecular formula is C25H16ClN5O3. The molecular weight excluding hydrogens is 454 g/mol. The van der Waals surface area contributed by atoms with E-state index in [0.717, 1.165) is 27.7 Å². The standard InChI is InChI=1S/C25H16ClN5O3/c26-17-4-1-14-2-5-18(27-22(14)10-17)13-33-19-6-8-23-21(11-19)24(32)20-7-3-15(9-16(20)12-34-23)25-28-30-31-29-25/h1-11H,12-13H2,(H,28,29,30,31). The quantitative estimate of drug-likeness (QED) is 0.404. The minimum absolute atomic E-state index is 0.133. The Morgan fingerprint density at radius 3 is 2.79 bits per heavy atom. The van der Waals surface area contributed by atoms with Gasteiger partial charge in [-0.25, -0.2) is 4.98 Å². The normalized spacial score (nSPS) is 12.6. The third kappa shape index (κ3) is 3.74. The molecule has 1 aliphatic rings. The summed E-state index contributed by atoms with van der Waals surface area (Å²) >= 11 is 6.08. The van der Waals surface area contributed by atoms with Crippen LogP contribution in [-0.2, 0) is 13.2 Å². The van der Waals surface area contributed by atoms with Crippen LogP contribution in [0.2, 0.25) is 5.02 Å². The lowest BCUT2D eigenvalue weighted by Crippen LogP contribution is -2.04. The smallest absolute Gasteiger partial charge is 0.204 e. The first kappa shape index (κ1) is 20.3. The van der Waals surface area contributed by atoms with Crippen LogP contribution in [-0.4, -0.2) is 31.4 Å². The van der Waals surface area contributed by atoms with E-state index in [9.17, 15) is 4.79 Å². The molecule has 1 N–H and O–H groups in total. The van der Waals surface area contributed by atoms with Gasteiger partial charge >= 0.3 is 0 Å². The number of halogens is 1. The monoisotopic (exact) mass is 469 g/mol. The zero-order chi connectivity index (χ0) is 23.1. The Morgan fingerprint density at radius 1 is 1.00 bits per heavy atom. The summed E-state index contributed by atoms with van der Waals surface area (Å²) < 4.78 is 11.9. The Kier molecular flexibility index (Phi) is 4.92. The third-order valence-corrected chi connectivity index (χ3v) is 5.87. The Morgan fingerprint density at radius 2 is 1.91 bits per heavy atom. The molecule has 0 aliphatic carbocycles. The minimum atomic E-state index is -0.133. The molecule has 6 rings (SSSR count). The lowest BCUT2D eigenvalue weighted by molar-refractivity contribution is 0.103. The van der Waals surface area contributed by atoms with Gasteiger partial charge in [0, 0.05) is 27.1 Å². The van der Waals surface area contributed by atoms with Crippen molar-refractivity contribution in [1.29, 1.82) is 0 Å². The number of ketones is 1. The fourth-order valence-electron chi connectivity index (χ4n) is 3.93. The first-order valence-electron chi connectivity index (χ1n) is 10.5. The molecule has 0 spiro atoms. The lowest BCUT2D eigenvalue weighted by Gasteiger charge is -2.10. The molecule has 2 aromatic heterocycles. The number of nitrogens with one attached hydrogen (secondary N) is 1. The van der Waals surface area contributed by atoms with Crippen molar-refractivity contribution in [2.24, 2.45) is 0 Å². The van der Waals surface area contributed by atoms with Crippen molar-refractivity contribution < 1.29 is 14.3 Å². The van der Waals surface area contributed by atoms with Gasteiger partial charge in [-0.2, -0.15) is 5.21 Å². The number of H-pyrrole nitrogens is 1.